The Bertz CT molecular complexity index is 789. The first-order valence-electron chi connectivity index (χ1n) is 7.00. The van der Waals surface area contributed by atoms with Crippen LogP contribution in [0.4, 0.5) is 5.69 Å². The molecule has 2 rings (SSSR count). The SMILES string of the molecule is Cc1cc(C)cc(C(=O)[C@H](C#N)C(=O)Nc2ccccc2Cl)c1. The number of Topliss-reactive ketones (excluding diaryl/α,β-unsaturated/α-hetero) is 1. The molecule has 0 saturated heterocycles. The molecule has 1 amide bonds. The lowest BCUT2D eigenvalue weighted by molar-refractivity contribution is -0.117. The molecule has 1 atom stereocenters. The third kappa shape index (κ3) is 3.97. The van der Waals surface area contributed by atoms with Crippen molar-refractivity contribution in [3.05, 3.63) is 64.2 Å². The molecule has 0 unspecified atom stereocenters. The molecule has 0 radical (unpaired) electrons. The molecular weight excluding hydrogens is 312 g/mol. The predicted molar refractivity (Wildman–Crippen MR) is 89.4 cm³/mol. The van der Waals surface area contributed by atoms with Gasteiger partial charge >= 0.3 is 0 Å². The van der Waals surface area contributed by atoms with Crippen molar-refractivity contribution in [2.24, 2.45) is 5.92 Å². The summed E-state index contributed by atoms with van der Waals surface area (Å²) in [7, 11) is 0. The Labute approximate surface area is 139 Å². The molecule has 0 spiro atoms. The van der Waals surface area contributed by atoms with E-state index in [0.717, 1.165) is 11.1 Å². The Hall–Kier alpha value is -2.64. The molecule has 0 fully saturated rings. The number of carbonyl (C=O) groups is 2. The van der Waals surface area contributed by atoms with Crippen LogP contribution < -0.4 is 5.32 Å². The van der Waals surface area contributed by atoms with Crippen molar-refractivity contribution in [3.8, 4) is 6.07 Å². The molecule has 4 nitrogen and oxygen atoms in total. The number of rotatable bonds is 4. The summed E-state index contributed by atoms with van der Waals surface area (Å²) in [6.07, 6.45) is 0. The third-order valence-corrected chi connectivity index (χ3v) is 3.62. The van der Waals surface area contributed by atoms with Gasteiger partial charge in [0.05, 0.1) is 16.8 Å². The molecule has 2 aromatic rings. The van der Waals surface area contributed by atoms with Gasteiger partial charge in [0, 0.05) is 5.56 Å². The highest BCUT2D eigenvalue weighted by molar-refractivity contribution is 6.34. The molecule has 0 aliphatic rings. The number of anilines is 1. The molecule has 1 N–H and O–H groups in total. The van der Waals surface area contributed by atoms with E-state index in [9.17, 15) is 14.9 Å². The summed E-state index contributed by atoms with van der Waals surface area (Å²) in [5, 5.41) is 12.1. The highest BCUT2D eigenvalue weighted by atomic mass is 35.5. The Morgan fingerprint density at radius 1 is 1.13 bits per heavy atom. The topological polar surface area (TPSA) is 70.0 Å². The van der Waals surface area contributed by atoms with Crippen molar-refractivity contribution in [1.29, 1.82) is 5.26 Å². The zero-order valence-corrected chi connectivity index (χ0v) is 13.5. The fourth-order valence-corrected chi connectivity index (χ4v) is 2.47. The minimum absolute atomic E-state index is 0.344. The second-order valence-corrected chi connectivity index (χ2v) is 5.68. The summed E-state index contributed by atoms with van der Waals surface area (Å²) >= 11 is 5.97. The van der Waals surface area contributed by atoms with Crippen molar-refractivity contribution in [2.75, 3.05) is 5.32 Å². The maximum Gasteiger partial charge on any atom is 0.249 e. The second-order valence-electron chi connectivity index (χ2n) is 5.27. The Morgan fingerprint density at radius 2 is 1.74 bits per heavy atom. The minimum Gasteiger partial charge on any atom is -0.323 e. The van der Waals surface area contributed by atoms with Crippen molar-refractivity contribution in [2.45, 2.75) is 13.8 Å². The van der Waals surface area contributed by atoms with Crippen LogP contribution in [0.5, 0.6) is 0 Å². The zero-order chi connectivity index (χ0) is 17.0. The van der Waals surface area contributed by atoms with Crippen LogP contribution in [-0.2, 0) is 4.79 Å². The fourth-order valence-electron chi connectivity index (χ4n) is 2.29. The van der Waals surface area contributed by atoms with Crippen molar-refractivity contribution in [3.63, 3.8) is 0 Å². The molecule has 0 heterocycles. The van der Waals surface area contributed by atoms with E-state index in [-0.39, 0.29) is 0 Å². The molecule has 0 saturated carbocycles. The minimum atomic E-state index is -1.42. The number of aryl methyl sites for hydroxylation is 2. The van der Waals surface area contributed by atoms with Gasteiger partial charge in [0.1, 0.15) is 0 Å². The number of para-hydroxylation sites is 1. The van der Waals surface area contributed by atoms with Crippen LogP contribution in [0.1, 0.15) is 21.5 Å². The van der Waals surface area contributed by atoms with Crippen LogP contribution in [-0.4, -0.2) is 11.7 Å². The Morgan fingerprint density at radius 3 is 2.30 bits per heavy atom. The van der Waals surface area contributed by atoms with E-state index in [2.05, 4.69) is 5.32 Å². The van der Waals surface area contributed by atoms with Gasteiger partial charge in [-0.2, -0.15) is 5.26 Å². The monoisotopic (exact) mass is 326 g/mol. The number of hydrogen-bond donors (Lipinski definition) is 1. The number of nitriles is 1. The lowest BCUT2D eigenvalue weighted by Gasteiger charge is -2.11. The van der Waals surface area contributed by atoms with Crippen LogP contribution in [0.3, 0.4) is 0 Å². The second kappa shape index (κ2) is 7.08. The summed E-state index contributed by atoms with van der Waals surface area (Å²) in [5.74, 6) is -2.64. The van der Waals surface area contributed by atoms with E-state index >= 15 is 0 Å². The van der Waals surface area contributed by atoms with Gasteiger partial charge < -0.3 is 5.32 Å². The molecule has 2 aromatic carbocycles. The molecule has 23 heavy (non-hydrogen) atoms. The standard InChI is InChI=1S/C18H15ClN2O2/c1-11-7-12(2)9-13(8-11)17(22)14(10-20)18(23)21-16-6-4-3-5-15(16)19/h3-9,14H,1-2H3,(H,21,23)/t14-/m0/s1. The fraction of sp³-hybridized carbons (Fsp3) is 0.167. The number of amides is 1. The van der Waals surface area contributed by atoms with Gasteiger partial charge in [-0.25, -0.2) is 0 Å². The maximum absolute atomic E-state index is 12.5. The van der Waals surface area contributed by atoms with E-state index in [1.54, 1.807) is 42.5 Å². The van der Waals surface area contributed by atoms with Crippen LogP contribution in [0.2, 0.25) is 5.02 Å². The molecule has 0 aromatic heterocycles. The molecule has 0 aliphatic heterocycles. The zero-order valence-electron chi connectivity index (χ0n) is 12.8. The quantitative estimate of drug-likeness (QED) is 0.684. The van der Waals surface area contributed by atoms with Crippen LogP contribution in [0.15, 0.2) is 42.5 Å². The summed E-state index contributed by atoms with van der Waals surface area (Å²) in [4.78, 5) is 24.7. The smallest absolute Gasteiger partial charge is 0.249 e. The Balaban J connectivity index is 2.25. The van der Waals surface area contributed by atoms with Crippen molar-refractivity contribution < 1.29 is 9.59 Å². The number of halogens is 1. The summed E-state index contributed by atoms with van der Waals surface area (Å²) in [6.45, 7) is 3.71. The van der Waals surface area contributed by atoms with Crippen LogP contribution >= 0.6 is 11.6 Å². The lowest BCUT2D eigenvalue weighted by Crippen LogP contribution is -2.28. The Kier molecular flexibility index (Phi) is 5.15. The van der Waals surface area contributed by atoms with E-state index in [1.807, 2.05) is 19.9 Å². The number of nitrogens with one attached hydrogen (secondary N) is 1. The van der Waals surface area contributed by atoms with E-state index in [0.29, 0.717) is 16.3 Å². The summed E-state index contributed by atoms with van der Waals surface area (Å²) in [5.41, 5.74) is 2.52. The predicted octanol–water partition coefficient (Wildman–Crippen LogP) is 3.92. The average molecular weight is 327 g/mol. The largest absolute Gasteiger partial charge is 0.323 e. The van der Waals surface area contributed by atoms with Gasteiger partial charge in [-0.05, 0) is 38.1 Å². The molecule has 0 bridgehead atoms. The normalized spacial score (nSPS) is 11.4. The van der Waals surface area contributed by atoms with Gasteiger partial charge in [0.2, 0.25) is 5.91 Å². The van der Waals surface area contributed by atoms with Crippen LogP contribution in [0, 0.1) is 31.1 Å². The van der Waals surface area contributed by atoms with Gasteiger partial charge in [-0.3, -0.25) is 9.59 Å². The van der Waals surface area contributed by atoms with Crippen LogP contribution in [0.25, 0.3) is 0 Å². The van der Waals surface area contributed by atoms with E-state index < -0.39 is 17.6 Å². The highest BCUT2D eigenvalue weighted by Gasteiger charge is 2.28. The van der Waals surface area contributed by atoms with E-state index in [1.165, 1.54) is 0 Å². The lowest BCUT2D eigenvalue weighted by atomic mass is 9.95. The van der Waals surface area contributed by atoms with Gasteiger partial charge in [-0.1, -0.05) is 40.9 Å². The maximum atomic E-state index is 12.5. The average Bonchev–Trinajstić information content (AvgIpc) is 2.49. The van der Waals surface area contributed by atoms with Crippen molar-refractivity contribution >= 4 is 29.0 Å². The first kappa shape index (κ1) is 16.7. The van der Waals surface area contributed by atoms with Gasteiger partial charge in [-0.15, -0.1) is 0 Å². The molecule has 0 aliphatic carbocycles. The first-order chi connectivity index (χ1) is 10.9. The highest BCUT2D eigenvalue weighted by Crippen LogP contribution is 2.22. The number of hydrogen-bond acceptors (Lipinski definition) is 3. The molecular formula is C18H15ClN2O2. The summed E-state index contributed by atoms with van der Waals surface area (Å²) in [6, 6.07) is 13.7. The van der Waals surface area contributed by atoms with Crippen molar-refractivity contribution in [1.82, 2.24) is 0 Å². The number of nitrogens with zero attached hydrogens (tertiary/aromatic N) is 1. The third-order valence-electron chi connectivity index (χ3n) is 3.29. The number of benzene rings is 2. The van der Waals surface area contributed by atoms with E-state index in [4.69, 9.17) is 11.6 Å². The van der Waals surface area contributed by atoms with Gasteiger partial charge in [0.25, 0.3) is 0 Å². The number of ketones is 1. The number of carbonyl (C=O) groups excluding carboxylic acids is 2. The van der Waals surface area contributed by atoms with Gasteiger partial charge in [0.15, 0.2) is 11.7 Å². The first-order valence-corrected chi connectivity index (χ1v) is 7.37. The molecule has 5 heteroatoms. The summed E-state index contributed by atoms with van der Waals surface area (Å²) < 4.78 is 0. The molecule has 116 valence electrons.